The molecule has 0 bridgehead atoms. The van der Waals surface area contributed by atoms with Gasteiger partial charge in [0, 0.05) is 12.7 Å². The maximum atomic E-state index is 11.2. The van der Waals surface area contributed by atoms with Gasteiger partial charge in [0.15, 0.2) is 0 Å². The van der Waals surface area contributed by atoms with E-state index in [1.807, 2.05) is 0 Å². The Balaban J connectivity index is 2.59. The normalized spacial score (nSPS) is 9.00. The number of aromatic nitrogens is 1. The van der Waals surface area contributed by atoms with Crippen LogP contribution in [0.25, 0.3) is 0 Å². The number of carbonyl (C=O) groups is 1. The molecule has 12 heavy (non-hydrogen) atoms. The smallest absolute Gasteiger partial charge is 0.270 e. The first-order valence-electron chi connectivity index (χ1n) is 3.64. The Kier molecular flexibility index (Phi) is 3.02. The second-order valence-corrected chi connectivity index (χ2v) is 2.21. The Bertz CT molecular complexity index is 269. The number of nitrogens with zero attached hydrogens (tertiary/aromatic N) is 1. The van der Waals surface area contributed by atoms with Gasteiger partial charge in [0.05, 0.1) is 0 Å². The lowest BCUT2D eigenvalue weighted by atomic mass is 10.3. The van der Waals surface area contributed by atoms with Crippen LogP contribution in [0.5, 0.6) is 0 Å². The molecule has 0 atom stereocenters. The Morgan fingerprint density at radius 2 is 2.50 bits per heavy atom. The lowest BCUT2D eigenvalue weighted by Gasteiger charge is -1.99. The van der Waals surface area contributed by atoms with Crippen molar-refractivity contribution in [2.45, 2.75) is 0 Å². The van der Waals surface area contributed by atoms with Gasteiger partial charge in [0.25, 0.3) is 5.91 Å². The molecule has 0 aromatic carbocycles. The van der Waals surface area contributed by atoms with Gasteiger partial charge in [-0.2, -0.15) is 0 Å². The van der Waals surface area contributed by atoms with Crippen LogP contribution < -0.4 is 5.32 Å². The molecule has 1 aromatic heterocycles. The van der Waals surface area contributed by atoms with Gasteiger partial charge in [-0.25, -0.2) is 0 Å². The summed E-state index contributed by atoms with van der Waals surface area (Å²) >= 11 is 0. The van der Waals surface area contributed by atoms with Crippen LogP contribution in [0, 0.1) is 0 Å². The van der Waals surface area contributed by atoms with Crippen molar-refractivity contribution >= 4 is 5.91 Å². The molecule has 0 unspecified atom stereocenters. The van der Waals surface area contributed by atoms with Gasteiger partial charge in [-0.1, -0.05) is 12.1 Å². The molecule has 3 heteroatoms. The molecular formula is C9H10N2O. The van der Waals surface area contributed by atoms with E-state index in [0.29, 0.717) is 12.2 Å². The second kappa shape index (κ2) is 4.28. The maximum Gasteiger partial charge on any atom is 0.270 e. The minimum Gasteiger partial charge on any atom is -0.347 e. The Morgan fingerprint density at radius 3 is 3.08 bits per heavy atom. The van der Waals surface area contributed by atoms with Gasteiger partial charge >= 0.3 is 0 Å². The average Bonchev–Trinajstić information content (AvgIpc) is 2.15. The highest BCUT2D eigenvalue weighted by molar-refractivity contribution is 5.92. The van der Waals surface area contributed by atoms with Gasteiger partial charge in [-0.15, -0.1) is 6.58 Å². The third-order valence-corrected chi connectivity index (χ3v) is 1.30. The van der Waals surface area contributed by atoms with E-state index in [1.54, 1.807) is 30.5 Å². The second-order valence-electron chi connectivity index (χ2n) is 2.21. The highest BCUT2D eigenvalue weighted by atomic mass is 16.1. The molecule has 0 saturated heterocycles. The summed E-state index contributed by atoms with van der Waals surface area (Å²) in [6.45, 7) is 3.96. The Hall–Kier alpha value is -1.64. The summed E-state index contributed by atoms with van der Waals surface area (Å²) in [6, 6.07) is 5.21. The largest absolute Gasteiger partial charge is 0.347 e. The highest BCUT2D eigenvalue weighted by Gasteiger charge is 2.02. The fourth-order valence-corrected chi connectivity index (χ4v) is 0.752. The first-order chi connectivity index (χ1) is 5.84. The van der Waals surface area contributed by atoms with Crippen molar-refractivity contribution in [2.24, 2.45) is 0 Å². The molecule has 1 heterocycles. The van der Waals surface area contributed by atoms with Crippen molar-refractivity contribution in [2.75, 3.05) is 6.54 Å². The first kappa shape index (κ1) is 8.46. The number of amides is 1. The van der Waals surface area contributed by atoms with Crippen molar-refractivity contribution in [1.82, 2.24) is 10.3 Å². The standard InChI is InChI=1S/C9H10N2O/c1-2-6-11-9(12)8-5-3-4-7-10-8/h2-5,7H,1,6H2,(H,11,12). The topological polar surface area (TPSA) is 42.0 Å². The number of carbonyl (C=O) groups excluding carboxylic acids is 1. The number of rotatable bonds is 3. The molecule has 1 amide bonds. The van der Waals surface area contributed by atoms with Crippen LogP contribution in [0.2, 0.25) is 0 Å². The van der Waals surface area contributed by atoms with E-state index in [-0.39, 0.29) is 5.91 Å². The van der Waals surface area contributed by atoms with Crippen LogP contribution in [-0.2, 0) is 0 Å². The molecule has 1 aromatic rings. The predicted molar refractivity (Wildman–Crippen MR) is 46.8 cm³/mol. The first-order valence-corrected chi connectivity index (χ1v) is 3.64. The van der Waals surface area contributed by atoms with E-state index >= 15 is 0 Å². The van der Waals surface area contributed by atoms with E-state index < -0.39 is 0 Å². The molecule has 0 aliphatic carbocycles. The quantitative estimate of drug-likeness (QED) is 0.673. The average molecular weight is 162 g/mol. The zero-order chi connectivity index (χ0) is 8.81. The zero-order valence-corrected chi connectivity index (χ0v) is 6.66. The number of nitrogens with one attached hydrogen (secondary N) is 1. The third kappa shape index (κ3) is 2.20. The molecule has 1 rings (SSSR count). The van der Waals surface area contributed by atoms with Crippen LogP contribution in [0.4, 0.5) is 0 Å². The van der Waals surface area contributed by atoms with E-state index in [9.17, 15) is 4.79 Å². The van der Waals surface area contributed by atoms with E-state index in [1.165, 1.54) is 0 Å². The summed E-state index contributed by atoms with van der Waals surface area (Å²) in [5.41, 5.74) is 0.430. The Morgan fingerprint density at radius 1 is 1.67 bits per heavy atom. The van der Waals surface area contributed by atoms with Gasteiger partial charge in [0.2, 0.25) is 0 Å². The summed E-state index contributed by atoms with van der Waals surface area (Å²) in [4.78, 5) is 15.1. The fourth-order valence-electron chi connectivity index (χ4n) is 0.752. The van der Waals surface area contributed by atoms with Gasteiger partial charge < -0.3 is 5.32 Å². The van der Waals surface area contributed by atoms with Crippen molar-refractivity contribution in [3.8, 4) is 0 Å². The third-order valence-electron chi connectivity index (χ3n) is 1.30. The van der Waals surface area contributed by atoms with Gasteiger partial charge in [-0.3, -0.25) is 9.78 Å². The van der Waals surface area contributed by atoms with Gasteiger partial charge in [0.1, 0.15) is 5.69 Å². The van der Waals surface area contributed by atoms with E-state index in [0.717, 1.165) is 0 Å². The molecule has 0 spiro atoms. The van der Waals surface area contributed by atoms with Crippen LogP contribution in [0.1, 0.15) is 10.5 Å². The predicted octanol–water partition coefficient (Wildman–Crippen LogP) is 0.997. The molecular weight excluding hydrogens is 152 g/mol. The van der Waals surface area contributed by atoms with E-state index in [4.69, 9.17) is 0 Å². The monoisotopic (exact) mass is 162 g/mol. The van der Waals surface area contributed by atoms with Crippen molar-refractivity contribution < 1.29 is 4.79 Å². The summed E-state index contributed by atoms with van der Waals surface area (Å²) in [7, 11) is 0. The lowest BCUT2D eigenvalue weighted by Crippen LogP contribution is -2.23. The van der Waals surface area contributed by atoms with Crippen LogP contribution in [0.3, 0.4) is 0 Å². The van der Waals surface area contributed by atoms with Crippen molar-refractivity contribution in [3.05, 3.63) is 42.7 Å². The summed E-state index contributed by atoms with van der Waals surface area (Å²) in [5.74, 6) is -0.171. The van der Waals surface area contributed by atoms with E-state index in [2.05, 4.69) is 16.9 Å². The summed E-state index contributed by atoms with van der Waals surface area (Å²) < 4.78 is 0. The maximum absolute atomic E-state index is 11.2. The molecule has 0 fully saturated rings. The number of hydrogen-bond donors (Lipinski definition) is 1. The van der Waals surface area contributed by atoms with Crippen LogP contribution in [0.15, 0.2) is 37.1 Å². The lowest BCUT2D eigenvalue weighted by molar-refractivity contribution is 0.0953. The number of hydrogen-bond acceptors (Lipinski definition) is 2. The number of pyridine rings is 1. The summed E-state index contributed by atoms with van der Waals surface area (Å²) in [6.07, 6.45) is 3.21. The Labute approximate surface area is 71.1 Å². The molecule has 3 nitrogen and oxygen atoms in total. The minimum absolute atomic E-state index is 0.171. The molecule has 1 N–H and O–H groups in total. The fraction of sp³-hybridized carbons (Fsp3) is 0.111. The summed E-state index contributed by atoms with van der Waals surface area (Å²) in [5, 5.41) is 2.63. The van der Waals surface area contributed by atoms with Gasteiger partial charge in [-0.05, 0) is 12.1 Å². The molecule has 0 radical (unpaired) electrons. The molecule has 0 aliphatic heterocycles. The zero-order valence-electron chi connectivity index (χ0n) is 6.66. The van der Waals surface area contributed by atoms with Crippen LogP contribution in [-0.4, -0.2) is 17.4 Å². The SMILES string of the molecule is C=CCNC(=O)c1ccccn1. The van der Waals surface area contributed by atoms with Crippen molar-refractivity contribution in [1.29, 1.82) is 0 Å². The molecule has 0 aliphatic rings. The van der Waals surface area contributed by atoms with Crippen molar-refractivity contribution in [3.63, 3.8) is 0 Å². The molecule has 0 saturated carbocycles. The molecule has 62 valence electrons. The minimum atomic E-state index is -0.171. The highest BCUT2D eigenvalue weighted by Crippen LogP contribution is 1.91. The van der Waals surface area contributed by atoms with Crippen LogP contribution >= 0.6 is 0 Å².